The van der Waals surface area contributed by atoms with E-state index in [-0.39, 0.29) is 17.6 Å². The number of aromatic nitrogens is 2. The molecular formula is C23H33ClN4O3S. The highest BCUT2D eigenvalue weighted by Crippen LogP contribution is 2.38. The van der Waals surface area contributed by atoms with Crippen LogP contribution in [0.3, 0.4) is 0 Å². The minimum atomic E-state index is -0.802. The van der Waals surface area contributed by atoms with Gasteiger partial charge in [0, 0.05) is 31.2 Å². The highest BCUT2D eigenvalue weighted by molar-refractivity contribution is 7.10. The fraction of sp³-hybridized carbons (Fsp3) is 0.609. The van der Waals surface area contributed by atoms with E-state index >= 15 is 0 Å². The number of ether oxygens (including phenoxy) is 1. The molecule has 1 fully saturated rings. The Kier molecular flexibility index (Phi) is 8.73. The van der Waals surface area contributed by atoms with Crippen LogP contribution in [-0.2, 0) is 9.53 Å². The lowest BCUT2D eigenvalue weighted by Crippen LogP contribution is -2.41. The fourth-order valence-corrected chi connectivity index (χ4v) is 5.12. The predicted molar refractivity (Wildman–Crippen MR) is 131 cm³/mol. The highest BCUT2D eigenvalue weighted by Gasteiger charge is 2.28. The summed E-state index contributed by atoms with van der Waals surface area (Å²) in [7, 11) is 1.79. The molecule has 0 spiro atoms. The van der Waals surface area contributed by atoms with Gasteiger partial charge in [-0.2, -0.15) is 9.36 Å². The second-order valence-corrected chi connectivity index (χ2v) is 10.1. The standard InChI is InChI=1S/C23H33ClN4O3S/c1-14(2)13-28(17-6-8-18(31-4)9-7-17)20-10-5-16(15(3)11-21(29)30)12-19(20)25-23-26-22(24)27-32-23/h5,10,12,14-15,17-18H,6-9,11,13H2,1-4H3,(H,29,30)(H,25,26,27)/t15-,17-,18+/m1/s1. The molecule has 9 heteroatoms. The number of rotatable bonds is 10. The van der Waals surface area contributed by atoms with Crippen LogP contribution in [0.2, 0.25) is 5.28 Å². The number of anilines is 3. The summed E-state index contributed by atoms with van der Waals surface area (Å²) >= 11 is 7.16. The van der Waals surface area contributed by atoms with E-state index < -0.39 is 5.97 Å². The van der Waals surface area contributed by atoms with Gasteiger partial charge < -0.3 is 20.1 Å². The predicted octanol–water partition coefficient (Wildman–Crippen LogP) is 5.93. The molecule has 3 rings (SSSR count). The molecule has 0 bridgehead atoms. The zero-order valence-electron chi connectivity index (χ0n) is 19.2. The van der Waals surface area contributed by atoms with Gasteiger partial charge in [-0.25, -0.2) is 0 Å². The Morgan fingerprint density at radius 2 is 2.03 bits per heavy atom. The molecule has 2 N–H and O–H groups in total. The lowest BCUT2D eigenvalue weighted by Gasteiger charge is -2.40. The number of nitrogens with one attached hydrogen (secondary N) is 1. The van der Waals surface area contributed by atoms with Crippen molar-refractivity contribution in [1.82, 2.24) is 9.36 Å². The fourth-order valence-electron chi connectivity index (χ4n) is 4.39. The first kappa shape index (κ1) is 24.7. The van der Waals surface area contributed by atoms with Gasteiger partial charge in [0.25, 0.3) is 0 Å². The number of benzene rings is 1. The molecule has 0 amide bonds. The van der Waals surface area contributed by atoms with Crippen molar-refractivity contribution in [2.75, 3.05) is 23.9 Å². The summed E-state index contributed by atoms with van der Waals surface area (Å²) < 4.78 is 9.65. The lowest BCUT2D eigenvalue weighted by atomic mass is 9.90. The molecule has 0 saturated heterocycles. The molecule has 1 aromatic heterocycles. The van der Waals surface area contributed by atoms with Crippen molar-refractivity contribution in [1.29, 1.82) is 0 Å². The van der Waals surface area contributed by atoms with Crippen LogP contribution in [0, 0.1) is 5.92 Å². The number of hydrogen-bond donors (Lipinski definition) is 2. The molecule has 0 aliphatic heterocycles. The van der Waals surface area contributed by atoms with Crippen LogP contribution in [0.15, 0.2) is 18.2 Å². The number of aliphatic carboxylic acids is 1. The molecule has 1 heterocycles. The SMILES string of the molecule is CO[C@H]1CC[C@@H](N(CC(C)C)c2ccc([C@H](C)CC(=O)O)cc2Nc2nc(Cl)ns2)CC1. The number of carbonyl (C=O) groups is 1. The van der Waals surface area contributed by atoms with Crippen LogP contribution in [-0.4, -0.2) is 46.2 Å². The Labute approximate surface area is 199 Å². The third-order valence-corrected chi connectivity index (χ3v) is 6.90. The van der Waals surface area contributed by atoms with Gasteiger partial charge in [0.1, 0.15) is 0 Å². The van der Waals surface area contributed by atoms with Gasteiger partial charge in [0.2, 0.25) is 10.4 Å². The first-order valence-electron chi connectivity index (χ1n) is 11.2. The van der Waals surface area contributed by atoms with E-state index in [1.54, 1.807) is 7.11 Å². The molecule has 1 atom stereocenters. The number of carboxylic acid groups (broad SMARTS) is 1. The third-order valence-electron chi connectivity index (χ3n) is 6.00. The molecular weight excluding hydrogens is 448 g/mol. The van der Waals surface area contributed by atoms with Crippen molar-refractivity contribution in [3.8, 4) is 0 Å². The third kappa shape index (κ3) is 6.56. The van der Waals surface area contributed by atoms with E-state index in [0.29, 0.717) is 23.2 Å². The van der Waals surface area contributed by atoms with Crippen LogP contribution in [0.25, 0.3) is 0 Å². The lowest BCUT2D eigenvalue weighted by molar-refractivity contribution is -0.137. The molecule has 2 aromatic rings. The minimum absolute atomic E-state index is 0.0835. The second kappa shape index (κ2) is 11.3. The number of halogens is 1. The number of methoxy groups -OCH3 is 1. The highest BCUT2D eigenvalue weighted by atomic mass is 35.5. The van der Waals surface area contributed by atoms with Crippen LogP contribution < -0.4 is 10.2 Å². The van der Waals surface area contributed by atoms with Crippen molar-refractivity contribution in [2.24, 2.45) is 5.92 Å². The van der Waals surface area contributed by atoms with Gasteiger partial charge in [-0.1, -0.05) is 26.8 Å². The number of carboxylic acids is 1. The zero-order chi connectivity index (χ0) is 23.3. The summed E-state index contributed by atoms with van der Waals surface area (Å²) in [4.78, 5) is 18.0. The van der Waals surface area contributed by atoms with Gasteiger partial charge in [-0.05, 0) is 66.8 Å². The van der Waals surface area contributed by atoms with Crippen molar-refractivity contribution < 1.29 is 14.6 Å². The average molecular weight is 481 g/mol. The molecule has 1 aliphatic carbocycles. The Morgan fingerprint density at radius 3 is 2.59 bits per heavy atom. The van der Waals surface area contributed by atoms with Crippen LogP contribution in [0.4, 0.5) is 16.5 Å². The summed E-state index contributed by atoms with van der Waals surface area (Å²) in [6.45, 7) is 7.33. The maximum atomic E-state index is 11.3. The van der Waals surface area contributed by atoms with Crippen molar-refractivity contribution in [3.63, 3.8) is 0 Å². The summed E-state index contributed by atoms with van der Waals surface area (Å²) in [5.74, 6) is -0.413. The van der Waals surface area contributed by atoms with E-state index in [9.17, 15) is 9.90 Å². The largest absolute Gasteiger partial charge is 0.481 e. The summed E-state index contributed by atoms with van der Waals surface area (Å²) in [5.41, 5.74) is 2.97. The minimum Gasteiger partial charge on any atom is -0.481 e. The maximum absolute atomic E-state index is 11.3. The quantitative estimate of drug-likeness (QED) is 0.435. The van der Waals surface area contributed by atoms with E-state index in [4.69, 9.17) is 16.3 Å². The van der Waals surface area contributed by atoms with E-state index in [1.807, 2.05) is 13.0 Å². The smallest absolute Gasteiger partial charge is 0.303 e. The Hall–Kier alpha value is -1.90. The van der Waals surface area contributed by atoms with Gasteiger partial charge in [0.05, 0.1) is 23.9 Å². The van der Waals surface area contributed by atoms with Crippen molar-refractivity contribution >= 4 is 45.6 Å². The molecule has 1 aliphatic rings. The first-order chi connectivity index (χ1) is 15.3. The van der Waals surface area contributed by atoms with Gasteiger partial charge in [-0.3, -0.25) is 4.79 Å². The second-order valence-electron chi connectivity index (χ2n) is 8.98. The molecule has 7 nitrogen and oxygen atoms in total. The topological polar surface area (TPSA) is 87.6 Å². The molecule has 0 unspecified atom stereocenters. The normalized spacial score (nSPS) is 19.7. The average Bonchev–Trinajstić information content (AvgIpc) is 3.16. The van der Waals surface area contributed by atoms with Crippen LogP contribution in [0.5, 0.6) is 0 Å². The molecule has 1 aromatic carbocycles. The Morgan fingerprint density at radius 1 is 1.31 bits per heavy atom. The molecule has 176 valence electrons. The van der Waals surface area contributed by atoms with Crippen LogP contribution >= 0.6 is 23.1 Å². The molecule has 32 heavy (non-hydrogen) atoms. The number of hydrogen-bond acceptors (Lipinski definition) is 7. The summed E-state index contributed by atoms with van der Waals surface area (Å²) in [5, 5.41) is 13.5. The van der Waals surface area contributed by atoms with Crippen molar-refractivity contribution in [3.05, 3.63) is 29.0 Å². The van der Waals surface area contributed by atoms with E-state index in [1.165, 1.54) is 11.5 Å². The summed E-state index contributed by atoms with van der Waals surface area (Å²) in [6, 6.07) is 6.63. The van der Waals surface area contributed by atoms with E-state index in [0.717, 1.165) is 49.2 Å². The number of nitrogens with zero attached hydrogens (tertiary/aromatic N) is 3. The van der Waals surface area contributed by atoms with Gasteiger partial charge >= 0.3 is 5.97 Å². The zero-order valence-corrected chi connectivity index (χ0v) is 20.7. The van der Waals surface area contributed by atoms with Crippen molar-refractivity contribution in [2.45, 2.75) is 70.9 Å². The maximum Gasteiger partial charge on any atom is 0.303 e. The monoisotopic (exact) mass is 480 g/mol. The molecule has 1 saturated carbocycles. The summed E-state index contributed by atoms with van der Waals surface area (Å²) in [6.07, 6.45) is 4.68. The van der Waals surface area contributed by atoms with E-state index in [2.05, 4.69) is 45.6 Å². The van der Waals surface area contributed by atoms with Gasteiger partial charge in [-0.15, -0.1) is 0 Å². The van der Waals surface area contributed by atoms with Crippen LogP contribution in [0.1, 0.15) is 64.4 Å². The Balaban J connectivity index is 1.96. The Bertz CT molecular complexity index is 899. The first-order valence-corrected chi connectivity index (χ1v) is 12.3. The van der Waals surface area contributed by atoms with Gasteiger partial charge in [0.15, 0.2) is 0 Å². The molecule has 0 radical (unpaired) electrons.